The summed E-state index contributed by atoms with van der Waals surface area (Å²) in [7, 11) is 0. The molecule has 1 amide bonds. The van der Waals surface area contributed by atoms with Gasteiger partial charge in [0.2, 0.25) is 0 Å². The molecule has 1 aromatic heterocycles. The molecule has 1 aromatic carbocycles. The van der Waals surface area contributed by atoms with Crippen molar-refractivity contribution in [1.82, 2.24) is 4.98 Å². The molecule has 1 atom stereocenters. The fourth-order valence-electron chi connectivity index (χ4n) is 2.57. The second-order valence-electron chi connectivity index (χ2n) is 5.44. The number of hydrogen-bond acceptors (Lipinski definition) is 4. The van der Waals surface area contributed by atoms with Crippen LogP contribution in [-0.2, 0) is 6.42 Å². The molecule has 0 saturated carbocycles. The first-order chi connectivity index (χ1) is 11.5. The Morgan fingerprint density at radius 1 is 1.42 bits per heavy atom. The van der Waals surface area contributed by atoms with Crippen LogP contribution in [0, 0.1) is 0 Å². The fraction of sp³-hybridized carbons (Fsp3) is 0.294. The molecule has 2 heterocycles. The predicted molar refractivity (Wildman–Crippen MR) is 93.6 cm³/mol. The zero-order chi connectivity index (χ0) is 17.3. The summed E-state index contributed by atoms with van der Waals surface area (Å²) in [5, 5.41) is 3.19. The van der Waals surface area contributed by atoms with Gasteiger partial charge in [0.25, 0.3) is 5.91 Å². The number of pyridine rings is 1. The van der Waals surface area contributed by atoms with E-state index in [1.54, 1.807) is 6.07 Å². The Kier molecular flexibility index (Phi) is 4.83. The van der Waals surface area contributed by atoms with Crippen LogP contribution in [0.3, 0.4) is 0 Å². The van der Waals surface area contributed by atoms with Crippen molar-refractivity contribution in [2.45, 2.75) is 26.4 Å². The van der Waals surface area contributed by atoms with Crippen LogP contribution in [0.5, 0.6) is 11.5 Å². The number of halogens is 2. The number of amides is 1. The van der Waals surface area contributed by atoms with Gasteiger partial charge in [-0.1, -0.05) is 23.2 Å². The van der Waals surface area contributed by atoms with Crippen LogP contribution in [0.4, 0.5) is 5.69 Å². The number of nitrogens with one attached hydrogen (secondary N) is 1. The molecule has 7 heteroatoms. The summed E-state index contributed by atoms with van der Waals surface area (Å²) in [5.74, 6) is 0.862. The minimum absolute atomic E-state index is 0.0569. The molecule has 24 heavy (non-hydrogen) atoms. The van der Waals surface area contributed by atoms with E-state index in [0.717, 1.165) is 17.7 Å². The normalized spacial score (nSPS) is 15.6. The van der Waals surface area contributed by atoms with Gasteiger partial charge in [-0.3, -0.25) is 4.79 Å². The number of aromatic nitrogens is 1. The summed E-state index contributed by atoms with van der Waals surface area (Å²) in [4.78, 5) is 16.5. The van der Waals surface area contributed by atoms with Gasteiger partial charge in [0.05, 0.1) is 17.3 Å². The van der Waals surface area contributed by atoms with E-state index in [4.69, 9.17) is 32.7 Å². The third-order valence-electron chi connectivity index (χ3n) is 3.57. The summed E-state index contributed by atoms with van der Waals surface area (Å²) in [6, 6.07) is 6.71. The Balaban J connectivity index is 1.92. The lowest BCUT2D eigenvalue weighted by Gasteiger charge is -2.13. The molecular weight excluding hydrogens is 351 g/mol. The lowest BCUT2D eigenvalue weighted by atomic mass is 10.1. The van der Waals surface area contributed by atoms with Crippen LogP contribution in [0.15, 0.2) is 24.3 Å². The minimum Gasteiger partial charge on any atom is -0.492 e. The van der Waals surface area contributed by atoms with Crippen molar-refractivity contribution in [2.24, 2.45) is 0 Å². The van der Waals surface area contributed by atoms with Crippen LogP contribution in [0.1, 0.15) is 29.9 Å². The van der Waals surface area contributed by atoms with E-state index in [2.05, 4.69) is 10.3 Å². The van der Waals surface area contributed by atoms with Crippen molar-refractivity contribution in [3.8, 4) is 11.5 Å². The fourth-order valence-corrected chi connectivity index (χ4v) is 2.91. The van der Waals surface area contributed by atoms with Crippen LogP contribution in [0.25, 0.3) is 0 Å². The number of fused-ring (bicyclic) bond motifs is 1. The van der Waals surface area contributed by atoms with Crippen LogP contribution in [-0.4, -0.2) is 23.6 Å². The van der Waals surface area contributed by atoms with Gasteiger partial charge < -0.3 is 14.8 Å². The number of nitrogens with zero attached hydrogens (tertiary/aromatic N) is 1. The monoisotopic (exact) mass is 366 g/mol. The summed E-state index contributed by atoms with van der Waals surface area (Å²) in [5.41, 5.74) is 1.62. The van der Waals surface area contributed by atoms with E-state index in [-0.39, 0.29) is 22.0 Å². The van der Waals surface area contributed by atoms with E-state index >= 15 is 0 Å². The maximum atomic E-state index is 12.5. The van der Waals surface area contributed by atoms with Gasteiger partial charge in [-0.15, -0.1) is 0 Å². The predicted octanol–water partition coefficient (Wildman–Crippen LogP) is 4.36. The van der Waals surface area contributed by atoms with E-state index in [0.29, 0.717) is 18.0 Å². The van der Waals surface area contributed by atoms with Gasteiger partial charge >= 0.3 is 0 Å². The second kappa shape index (κ2) is 6.87. The third kappa shape index (κ3) is 3.42. The van der Waals surface area contributed by atoms with E-state index < -0.39 is 5.91 Å². The Hall–Kier alpha value is -1.98. The van der Waals surface area contributed by atoms with E-state index in [1.807, 2.05) is 19.9 Å². The highest BCUT2D eigenvalue weighted by atomic mass is 35.5. The van der Waals surface area contributed by atoms with Crippen molar-refractivity contribution >= 4 is 34.8 Å². The highest BCUT2D eigenvalue weighted by molar-refractivity contribution is 6.35. The number of carbonyl (C=O) groups is 1. The lowest BCUT2D eigenvalue weighted by Crippen LogP contribution is -2.15. The van der Waals surface area contributed by atoms with Crippen molar-refractivity contribution in [2.75, 3.05) is 11.9 Å². The molecule has 0 bridgehead atoms. The maximum Gasteiger partial charge on any atom is 0.275 e. The van der Waals surface area contributed by atoms with Crippen molar-refractivity contribution in [3.63, 3.8) is 0 Å². The molecule has 0 fully saturated rings. The number of hydrogen-bond donors (Lipinski definition) is 1. The number of ether oxygens (including phenoxy) is 2. The van der Waals surface area contributed by atoms with Crippen LogP contribution in [0.2, 0.25) is 10.2 Å². The highest BCUT2D eigenvalue weighted by Crippen LogP contribution is 2.38. The SMILES string of the molecule is CCOc1cc2c(cc1NC(=O)c1nc(Cl)ccc1Cl)OC(C)C2. The largest absolute Gasteiger partial charge is 0.492 e. The molecule has 1 aliphatic heterocycles. The molecule has 3 rings (SSSR count). The third-order valence-corrected chi connectivity index (χ3v) is 4.09. The number of rotatable bonds is 4. The van der Waals surface area contributed by atoms with Gasteiger partial charge in [-0.2, -0.15) is 0 Å². The first-order valence-electron chi connectivity index (χ1n) is 7.57. The molecule has 126 valence electrons. The maximum absolute atomic E-state index is 12.5. The van der Waals surface area contributed by atoms with Crippen molar-refractivity contribution in [3.05, 3.63) is 45.7 Å². The minimum atomic E-state index is -0.463. The smallest absolute Gasteiger partial charge is 0.275 e. The highest BCUT2D eigenvalue weighted by Gasteiger charge is 2.23. The Morgan fingerprint density at radius 2 is 2.21 bits per heavy atom. The summed E-state index contributed by atoms with van der Waals surface area (Å²) < 4.78 is 11.4. The summed E-state index contributed by atoms with van der Waals surface area (Å²) >= 11 is 11.9. The molecule has 1 unspecified atom stereocenters. The molecule has 0 radical (unpaired) electrons. The van der Waals surface area contributed by atoms with Gasteiger partial charge in [-0.05, 0) is 32.0 Å². The topological polar surface area (TPSA) is 60.5 Å². The molecule has 0 spiro atoms. The first-order valence-corrected chi connectivity index (χ1v) is 8.33. The summed E-state index contributed by atoms with van der Waals surface area (Å²) in [6.07, 6.45) is 0.912. The number of carbonyl (C=O) groups excluding carboxylic acids is 1. The average Bonchev–Trinajstić information content (AvgIpc) is 2.89. The second-order valence-corrected chi connectivity index (χ2v) is 6.23. The average molecular weight is 367 g/mol. The standard InChI is InChI=1S/C17H16Cl2N2O3/c1-3-23-14-7-10-6-9(2)24-13(10)8-12(14)20-17(22)16-11(18)4-5-15(19)21-16/h4-5,7-9H,3,6H2,1-2H3,(H,20,22). The van der Waals surface area contributed by atoms with Gasteiger partial charge in [0.15, 0.2) is 0 Å². The first kappa shape index (κ1) is 16.9. The molecule has 1 aliphatic rings. The zero-order valence-electron chi connectivity index (χ0n) is 13.2. The van der Waals surface area contributed by atoms with Gasteiger partial charge in [-0.25, -0.2) is 4.98 Å². The quantitative estimate of drug-likeness (QED) is 0.816. The lowest BCUT2D eigenvalue weighted by molar-refractivity contribution is 0.102. The molecule has 2 aromatic rings. The Bertz CT molecular complexity index is 796. The van der Waals surface area contributed by atoms with Crippen LogP contribution >= 0.6 is 23.2 Å². The molecule has 0 saturated heterocycles. The van der Waals surface area contributed by atoms with Crippen molar-refractivity contribution < 1.29 is 14.3 Å². The van der Waals surface area contributed by atoms with Crippen molar-refractivity contribution in [1.29, 1.82) is 0 Å². The molecule has 0 aliphatic carbocycles. The molecule has 5 nitrogen and oxygen atoms in total. The Morgan fingerprint density at radius 3 is 2.96 bits per heavy atom. The van der Waals surface area contributed by atoms with Crippen LogP contribution < -0.4 is 14.8 Å². The van der Waals surface area contributed by atoms with E-state index in [9.17, 15) is 4.79 Å². The number of benzene rings is 1. The Labute approximate surface area is 149 Å². The van der Waals surface area contributed by atoms with E-state index in [1.165, 1.54) is 12.1 Å². The number of anilines is 1. The summed E-state index contributed by atoms with van der Waals surface area (Å²) in [6.45, 7) is 4.36. The molecule has 1 N–H and O–H groups in total. The molecular formula is C17H16Cl2N2O3. The van der Waals surface area contributed by atoms with Gasteiger partial charge in [0.1, 0.15) is 28.5 Å². The van der Waals surface area contributed by atoms with Gasteiger partial charge in [0, 0.05) is 18.1 Å². The zero-order valence-corrected chi connectivity index (χ0v) is 14.7.